The number of hydrogen-bond acceptors (Lipinski definition) is 5. The van der Waals surface area contributed by atoms with Gasteiger partial charge in [-0.15, -0.1) is 0 Å². The highest BCUT2D eigenvalue weighted by Crippen LogP contribution is 2.02. The molecule has 0 fully saturated rings. The van der Waals surface area contributed by atoms with Crippen LogP contribution in [0.2, 0.25) is 0 Å². The maximum atomic E-state index is 5.41. The van der Waals surface area contributed by atoms with Crippen LogP contribution in [0.25, 0.3) is 0 Å². The monoisotopic (exact) mass is 153 g/mol. The lowest BCUT2D eigenvalue weighted by Gasteiger charge is -2.02. The smallest absolute Gasteiger partial charge is 0.131 e. The SMILES string of the molecule is NCCNc1cc(N)ncn1. The van der Waals surface area contributed by atoms with E-state index in [1.54, 1.807) is 6.07 Å². The fraction of sp³-hybridized carbons (Fsp3) is 0.333. The molecule has 0 aromatic carbocycles. The summed E-state index contributed by atoms with van der Waals surface area (Å²) in [5.74, 6) is 1.17. The highest BCUT2D eigenvalue weighted by Gasteiger charge is 1.91. The first kappa shape index (κ1) is 7.74. The van der Waals surface area contributed by atoms with E-state index in [9.17, 15) is 0 Å². The molecule has 5 N–H and O–H groups in total. The number of nitrogens with zero attached hydrogens (tertiary/aromatic N) is 2. The molecule has 0 aliphatic rings. The van der Waals surface area contributed by atoms with Gasteiger partial charge in [0.05, 0.1) is 0 Å². The average molecular weight is 153 g/mol. The van der Waals surface area contributed by atoms with Crippen molar-refractivity contribution in [2.24, 2.45) is 5.73 Å². The minimum absolute atomic E-state index is 0.458. The van der Waals surface area contributed by atoms with Crippen molar-refractivity contribution in [1.29, 1.82) is 0 Å². The van der Waals surface area contributed by atoms with Crippen molar-refractivity contribution in [1.82, 2.24) is 9.97 Å². The van der Waals surface area contributed by atoms with Crippen molar-refractivity contribution >= 4 is 11.6 Å². The standard InChI is InChI=1S/C6H11N5/c7-1-2-9-6-3-5(8)10-4-11-6/h3-4H,1-2,7H2,(H3,8,9,10,11). The summed E-state index contributed by atoms with van der Waals surface area (Å²) in [6.07, 6.45) is 1.41. The molecule has 0 aliphatic carbocycles. The van der Waals surface area contributed by atoms with Crippen LogP contribution >= 0.6 is 0 Å². The quantitative estimate of drug-likeness (QED) is 0.541. The number of nitrogens with two attached hydrogens (primary N) is 2. The molecule has 0 saturated carbocycles. The Morgan fingerprint density at radius 3 is 2.91 bits per heavy atom. The van der Waals surface area contributed by atoms with E-state index < -0.39 is 0 Å². The molecule has 0 bridgehead atoms. The lowest BCUT2D eigenvalue weighted by molar-refractivity contribution is 1.01. The molecule has 0 aliphatic heterocycles. The third-order valence-electron chi connectivity index (χ3n) is 1.14. The summed E-state index contributed by atoms with van der Waals surface area (Å²) in [5, 5.41) is 2.98. The van der Waals surface area contributed by atoms with Gasteiger partial charge in [0.1, 0.15) is 18.0 Å². The molecular formula is C6H11N5. The maximum absolute atomic E-state index is 5.41. The van der Waals surface area contributed by atoms with Crippen molar-refractivity contribution in [2.45, 2.75) is 0 Å². The van der Waals surface area contributed by atoms with Crippen molar-refractivity contribution in [3.63, 3.8) is 0 Å². The second kappa shape index (κ2) is 3.72. The predicted molar refractivity (Wildman–Crippen MR) is 44.0 cm³/mol. The second-order valence-corrected chi connectivity index (χ2v) is 2.04. The van der Waals surface area contributed by atoms with Gasteiger partial charge >= 0.3 is 0 Å². The van der Waals surface area contributed by atoms with Crippen molar-refractivity contribution in [3.8, 4) is 0 Å². The van der Waals surface area contributed by atoms with Crippen LogP contribution in [0, 0.1) is 0 Å². The van der Waals surface area contributed by atoms with Gasteiger partial charge in [0, 0.05) is 19.2 Å². The summed E-state index contributed by atoms with van der Waals surface area (Å²) in [5.41, 5.74) is 10.7. The van der Waals surface area contributed by atoms with Crippen LogP contribution < -0.4 is 16.8 Å². The molecule has 1 heterocycles. The third-order valence-corrected chi connectivity index (χ3v) is 1.14. The number of nitrogen functional groups attached to an aromatic ring is 1. The van der Waals surface area contributed by atoms with E-state index >= 15 is 0 Å². The van der Waals surface area contributed by atoms with Gasteiger partial charge in [-0.05, 0) is 0 Å². The molecule has 5 nitrogen and oxygen atoms in total. The molecule has 0 unspecified atom stereocenters. The largest absolute Gasteiger partial charge is 0.384 e. The van der Waals surface area contributed by atoms with Crippen LogP contribution in [0.4, 0.5) is 11.6 Å². The van der Waals surface area contributed by atoms with E-state index in [2.05, 4.69) is 15.3 Å². The summed E-state index contributed by atoms with van der Waals surface area (Å²) in [6.45, 7) is 1.26. The Balaban J connectivity index is 2.56. The fourth-order valence-electron chi connectivity index (χ4n) is 0.669. The zero-order valence-corrected chi connectivity index (χ0v) is 6.12. The second-order valence-electron chi connectivity index (χ2n) is 2.04. The maximum Gasteiger partial charge on any atom is 0.131 e. The molecule has 1 rings (SSSR count). The van der Waals surface area contributed by atoms with Gasteiger partial charge in [-0.2, -0.15) is 0 Å². The van der Waals surface area contributed by atoms with Crippen molar-refractivity contribution in [2.75, 3.05) is 24.1 Å². The molecule has 11 heavy (non-hydrogen) atoms. The predicted octanol–water partition coefficient (Wildman–Crippen LogP) is -0.571. The molecule has 1 aromatic rings. The molecule has 0 radical (unpaired) electrons. The Labute approximate surface area is 64.8 Å². The Morgan fingerprint density at radius 2 is 2.27 bits per heavy atom. The molecule has 0 spiro atoms. The van der Waals surface area contributed by atoms with Crippen molar-refractivity contribution in [3.05, 3.63) is 12.4 Å². The van der Waals surface area contributed by atoms with Crippen LogP contribution in [-0.2, 0) is 0 Å². The molecule has 60 valence electrons. The summed E-state index contributed by atoms with van der Waals surface area (Å²) in [6, 6.07) is 1.66. The average Bonchev–Trinajstić information content (AvgIpc) is 2.01. The van der Waals surface area contributed by atoms with Gasteiger partial charge < -0.3 is 16.8 Å². The van der Waals surface area contributed by atoms with Gasteiger partial charge in [-0.1, -0.05) is 0 Å². The number of rotatable bonds is 3. The molecule has 0 amide bonds. The van der Waals surface area contributed by atoms with Crippen LogP contribution in [0.5, 0.6) is 0 Å². The van der Waals surface area contributed by atoms with Gasteiger partial charge in [0.2, 0.25) is 0 Å². The lowest BCUT2D eigenvalue weighted by Crippen LogP contribution is -2.14. The number of anilines is 2. The van der Waals surface area contributed by atoms with E-state index in [-0.39, 0.29) is 0 Å². The van der Waals surface area contributed by atoms with Crippen molar-refractivity contribution < 1.29 is 0 Å². The van der Waals surface area contributed by atoms with E-state index in [4.69, 9.17) is 11.5 Å². The van der Waals surface area contributed by atoms with E-state index in [1.807, 2.05) is 0 Å². The zero-order valence-electron chi connectivity index (χ0n) is 6.12. The Kier molecular flexibility index (Phi) is 2.62. The van der Waals surface area contributed by atoms with Gasteiger partial charge in [0.15, 0.2) is 0 Å². The Morgan fingerprint density at radius 1 is 1.45 bits per heavy atom. The van der Waals surface area contributed by atoms with Gasteiger partial charge in [0.25, 0.3) is 0 Å². The van der Waals surface area contributed by atoms with E-state index in [0.717, 1.165) is 0 Å². The van der Waals surface area contributed by atoms with Crippen LogP contribution in [0.15, 0.2) is 12.4 Å². The minimum atomic E-state index is 0.458. The molecule has 0 atom stereocenters. The van der Waals surface area contributed by atoms with Gasteiger partial charge in [-0.25, -0.2) is 9.97 Å². The lowest BCUT2D eigenvalue weighted by atomic mass is 10.5. The first-order chi connectivity index (χ1) is 5.33. The molecule has 5 heteroatoms. The van der Waals surface area contributed by atoms with Gasteiger partial charge in [-0.3, -0.25) is 0 Å². The summed E-state index contributed by atoms with van der Waals surface area (Å²) < 4.78 is 0. The fourth-order valence-corrected chi connectivity index (χ4v) is 0.669. The first-order valence-corrected chi connectivity index (χ1v) is 3.34. The zero-order chi connectivity index (χ0) is 8.10. The normalized spacial score (nSPS) is 9.55. The van der Waals surface area contributed by atoms with E-state index in [0.29, 0.717) is 24.7 Å². The van der Waals surface area contributed by atoms with Crippen LogP contribution in [0.1, 0.15) is 0 Å². The molecular weight excluding hydrogens is 142 g/mol. The first-order valence-electron chi connectivity index (χ1n) is 3.34. The Hall–Kier alpha value is -1.36. The highest BCUT2D eigenvalue weighted by molar-refractivity contribution is 5.43. The number of aromatic nitrogens is 2. The highest BCUT2D eigenvalue weighted by atomic mass is 15.0. The molecule has 1 aromatic heterocycles. The number of nitrogens with one attached hydrogen (secondary N) is 1. The van der Waals surface area contributed by atoms with Crippen LogP contribution in [-0.4, -0.2) is 23.1 Å². The summed E-state index contributed by atoms with van der Waals surface area (Å²) in [4.78, 5) is 7.66. The molecule has 0 saturated heterocycles. The topological polar surface area (TPSA) is 89.8 Å². The minimum Gasteiger partial charge on any atom is -0.384 e. The Bertz CT molecular complexity index is 224. The summed E-state index contributed by atoms with van der Waals surface area (Å²) >= 11 is 0. The van der Waals surface area contributed by atoms with Crippen LogP contribution in [0.3, 0.4) is 0 Å². The summed E-state index contributed by atoms with van der Waals surface area (Å²) in [7, 11) is 0. The third kappa shape index (κ3) is 2.38. The van der Waals surface area contributed by atoms with E-state index in [1.165, 1.54) is 6.33 Å². The number of hydrogen-bond donors (Lipinski definition) is 3.